The van der Waals surface area contributed by atoms with Crippen LogP contribution >= 0.6 is 34.8 Å². The van der Waals surface area contributed by atoms with Gasteiger partial charge in [0, 0.05) is 11.1 Å². The van der Waals surface area contributed by atoms with Crippen molar-refractivity contribution < 1.29 is 4.79 Å². The number of aromatic amines is 1. The number of hydrogen-bond acceptors (Lipinski definition) is 4. The molecule has 3 aromatic rings. The van der Waals surface area contributed by atoms with Crippen LogP contribution in [0.4, 0.5) is 0 Å². The number of benzene rings is 2. The number of carbonyl (C=O) groups excluding carboxylic acids is 1. The molecule has 0 saturated carbocycles. The fourth-order valence-electron chi connectivity index (χ4n) is 2.14. The highest BCUT2D eigenvalue weighted by Gasteiger charge is 2.14. The first kappa shape index (κ1) is 17.4. The summed E-state index contributed by atoms with van der Waals surface area (Å²) in [5, 5.41) is 4.28. The molecular formula is C16H8Cl3N3O3. The summed E-state index contributed by atoms with van der Waals surface area (Å²) in [6.07, 6.45) is 0.984. The minimum absolute atomic E-state index is 0.179. The van der Waals surface area contributed by atoms with Gasteiger partial charge in [-0.05, 0) is 36.4 Å². The average molecular weight is 397 g/mol. The molecule has 2 aromatic carbocycles. The zero-order valence-corrected chi connectivity index (χ0v) is 14.6. The predicted octanol–water partition coefficient (Wildman–Crippen LogP) is 3.11. The van der Waals surface area contributed by atoms with Crippen LogP contribution in [0.1, 0.15) is 15.9 Å². The van der Waals surface area contributed by atoms with Gasteiger partial charge in [-0.3, -0.25) is 14.6 Å². The van der Waals surface area contributed by atoms with Crippen LogP contribution in [0, 0.1) is 0 Å². The Morgan fingerprint density at radius 1 is 0.960 bits per heavy atom. The van der Waals surface area contributed by atoms with Gasteiger partial charge in [-0.2, -0.15) is 9.78 Å². The maximum atomic E-state index is 12.5. The first-order valence-corrected chi connectivity index (χ1v) is 7.98. The Labute approximate surface area is 155 Å². The summed E-state index contributed by atoms with van der Waals surface area (Å²) in [7, 11) is 0. The van der Waals surface area contributed by atoms with Crippen LogP contribution in [-0.4, -0.2) is 20.5 Å². The van der Waals surface area contributed by atoms with E-state index in [9.17, 15) is 14.4 Å². The van der Waals surface area contributed by atoms with E-state index in [1.54, 1.807) is 0 Å². The quantitative estimate of drug-likeness (QED) is 0.544. The Morgan fingerprint density at radius 2 is 1.56 bits per heavy atom. The number of nitrogens with zero attached hydrogens (tertiary/aromatic N) is 2. The van der Waals surface area contributed by atoms with Crippen LogP contribution in [0.5, 0.6) is 0 Å². The van der Waals surface area contributed by atoms with E-state index >= 15 is 0 Å². The van der Waals surface area contributed by atoms with Crippen molar-refractivity contribution in [1.29, 1.82) is 0 Å². The van der Waals surface area contributed by atoms with E-state index in [-0.39, 0.29) is 26.4 Å². The molecule has 0 aliphatic rings. The second-order valence-corrected chi connectivity index (χ2v) is 6.17. The zero-order valence-electron chi connectivity index (χ0n) is 12.3. The van der Waals surface area contributed by atoms with Gasteiger partial charge in [-0.25, -0.2) is 4.79 Å². The monoisotopic (exact) mass is 395 g/mol. The number of H-pyrrole nitrogens is 1. The highest BCUT2D eigenvalue weighted by Crippen LogP contribution is 2.31. The molecule has 9 heteroatoms. The number of aromatic nitrogens is 3. The van der Waals surface area contributed by atoms with Gasteiger partial charge in [0.25, 0.3) is 5.56 Å². The van der Waals surface area contributed by atoms with E-state index in [0.29, 0.717) is 11.3 Å². The van der Waals surface area contributed by atoms with Gasteiger partial charge < -0.3 is 0 Å². The number of rotatable bonds is 3. The van der Waals surface area contributed by atoms with Crippen molar-refractivity contribution in [3.05, 3.63) is 89.6 Å². The van der Waals surface area contributed by atoms with E-state index < -0.39 is 11.2 Å². The lowest BCUT2D eigenvalue weighted by Gasteiger charge is -2.07. The van der Waals surface area contributed by atoms with Gasteiger partial charge in [0.05, 0.1) is 20.8 Å². The van der Waals surface area contributed by atoms with Gasteiger partial charge in [-0.15, -0.1) is 0 Å². The van der Waals surface area contributed by atoms with Crippen LogP contribution in [-0.2, 0) is 0 Å². The average Bonchev–Trinajstić information content (AvgIpc) is 2.59. The molecule has 1 heterocycles. The van der Waals surface area contributed by atoms with E-state index in [1.165, 1.54) is 36.4 Å². The molecule has 0 spiro atoms. The van der Waals surface area contributed by atoms with E-state index in [0.717, 1.165) is 10.9 Å². The van der Waals surface area contributed by atoms with Gasteiger partial charge in [0.15, 0.2) is 5.78 Å². The molecule has 1 aromatic heterocycles. The molecule has 0 aliphatic carbocycles. The minimum Gasteiger partial charge on any atom is -0.289 e. The third-order valence-electron chi connectivity index (χ3n) is 3.33. The summed E-state index contributed by atoms with van der Waals surface area (Å²) in [4.78, 5) is 37.4. The Hall–Kier alpha value is -2.41. The lowest BCUT2D eigenvalue weighted by Crippen LogP contribution is -2.30. The van der Waals surface area contributed by atoms with Crippen LogP contribution in [0.3, 0.4) is 0 Å². The SMILES string of the molecule is O=C(c1ccc(-n2ncc(=O)[nH]c2=O)cc1)c1cc(Cl)c(Cl)c(Cl)c1. The molecule has 0 bridgehead atoms. The Bertz CT molecular complexity index is 1070. The lowest BCUT2D eigenvalue weighted by molar-refractivity contribution is 0.103. The fourth-order valence-corrected chi connectivity index (χ4v) is 2.74. The molecule has 0 atom stereocenters. The largest absolute Gasteiger partial charge is 0.349 e. The molecular weight excluding hydrogens is 389 g/mol. The molecule has 0 unspecified atom stereocenters. The molecule has 0 saturated heterocycles. The Morgan fingerprint density at radius 3 is 2.12 bits per heavy atom. The number of nitrogens with one attached hydrogen (secondary N) is 1. The molecule has 0 radical (unpaired) electrons. The second-order valence-electron chi connectivity index (χ2n) is 4.98. The van der Waals surface area contributed by atoms with Crippen LogP contribution in [0.2, 0.25) is 15.1 Å². The fraction of sp³-hybridized carbons (Fsp3) is 0. The van der Waals surface area contributed by atoms with Crippen LogP contribution in [0.25, 0.3) is 5.69 Å². The smallest absolute Gasteiger partial charge is 0.289 e. The first-order valence-electron chi connectivity index (χ1n) is 6.85. The van der Waals surface area contributed by atoms with Crippen molar-refractivity contribution in [2.24, 2.45) is 0 Å². The summed E-state index contributed by atoms with van der Waals surface area (Å²) < 4.78 is 1.01. The number of ketones is 1. The molecule has 1 N–H and O–H groups in total. The predicted molar refractivity (Wildman–Crippen MR) is 95.4 cm³/mol. The second kappa shape index (κ2) is 6.84. The number of halogens is 3. The third kappa shape index (κ3) is 3.51. The van der Waals surface area contributed by atoms with Gasteiger partial charge in [-0.1, -0.05) is 34.8 Å². The van der Waals surface area contributed by atoms with E-state index in [1.807, 2.05) is 0 Å². The number of hydrogen-bond donors (Lipinski definition) is 1. The third-order valence-corrected chi connectivity index (χ3v) is 4.53. The minimum atomic E-state index is -0.678. The summed E-state index contributed by atoms with van der Waals surface area (Å²) in [5.41, 5.74) is -0.237. The maximum Gasteiger partial charge on any atom is 0.349 e. The molecule has 3 rings (SSSR count). The molecule has 0 fully saturated rings. The van der Waals surface area contributed by atoms with Gasteiger partial charge in [0.2, 0.25) is 0 Å². The van der Waals surface area contributed by atoms with E-state index in [2.05, 4.69) is 10.1 Å². The van der Waals surface area contributed by atoms with E-state index in [4.69, 9.17) is 34.8 Å². The van der Waals surface area contributed by atoms with Crippen molar-refractivity contribution in [3.63, 3.8) is 0 Å². The molecule has 126 valence electrons. The highest BCUT2D eigenvalue weighted by atomic mass is 35.5. The van der Waals surface area contributed by atoms with Gasteiger partial charge >= 0.3 is 5.69 Å². The van der Waals surface area contributed by atoms with Crippen molar-refractivity contribution in [2.45, 2.75) is 0 Å². The summed E-state index contributed by atoms with van der Waals surface area (Å²) >= 11 is 17.8. The normalized spacial score (nSPS) is 10.7. The van der Waals surface area contributed by atoms with Crippen molar-refractivity contribution in [3.8, 4) is 5.69 Å². The summed E-state index contributed by atoms with van der Waals surface area (Å²) in [5.74, 6) is -0.311. The maximum absolute atomic E-state index is 12.5. The van der Waals surface area contributed by atoms with Crippen LogP contribution < -0.4 is 11.2 Å². The standard InChI is InChI=1S/C16H8Cl3N3O3/c17-11-5-9(6-12(18)14(11)19)15(24)8-1-3-10(4-2-8)22-16(25)21-13(23)7-20-22/h1-7H,(H,21,23,25). The molecule has 25 heavy (non-hydrogen) atoms. The van der Waals surface area contributed by atoms with Crippen molar-refractivity contribution in [1.82, 2.24) is 14.8 Å². The topological polar surface area (TPSA) is 84.8 Å². The summed E-state index contributed by atoms with van der Waals surface area (Å²) in [6, 6.07) is 8.96. The first-order chi connectivity index (χ1) is 11.9. The molecule has 0 amide bonds. The molecule has 0 aliphatic heterocycles. The van der Waals surface area contributed by atoms with Crippen molar-refractivity contribution in [2.75, 3.05) is 0 Å². The Kier molecular flexibility index (Phi) is 4.76. The van der Waals surface area contributed by atoms with Gasteiger partial charge in [0.1, 0.15) is 6.20 Å². The van der Waals surface area contributed by atoms with Crippen LogP contribution in [0.15, 0.2) is 52.2 Å². The molecule has 6 nitrogen and oxygen atoms in total. The zero-order chi connectivity index (χ0) is 18.1. The highest BCUT2D eigenvalue weighted by molar-refractivity contribution is 6.48. The lowest BCUT2D eigenvalue weighted by atomic mass is 10.0. The number of carbonyl (C=O) groups is 1. The summed E-state index contributed by atoms with van der Waals surface area (Å²) in [6.45, 7) is 0. The van der Waals surface area contributed by atoms with Crippen molar-refractivity contribution >= 4 is 40.6 Å². The Balaban J connectivity index is 1.96.